The molecule has 0 atom stereocenters. The highest BCUT2D eigenvalue weighted by Crippen LogP contribution is 2.29. The number of aromatic nitrogens is 2. The maximum Gasteiger partial charge on any atom is 0.189 e. The minimum absolute atomic E-state index is 0.0870. The fraction of sp³-hybridized carbons (Fsp3) is 0.143. The molecule has 0 aliphatic heterocycles. The molecular formula is C21H17FN2O. The Bertz CT molecular complexity index is 1010. The first kappa shape index (κ1) is 15.5. The van der Waals surface area contributed by atoms with E-state index in [1.54, 1.807) is 16.8 Å². The molecule has 0 fully saturated rings. The van der Waals surface area contributed by atoms with Gasteiger partial charge in [-0.25, -0.2) is 9.07 Å². The standard InChI is InChI=1S/C21H17FN2O/c1-13-20(12-16-11-15-5-3-4-6-19(15)21(16)25)14(2)24(23-13)18-9-7-17(22)8-10-18/h3-10,12H,11H2,1-2H3/b16-12+. The molecule has 25 heavy (non-hydrogen) atoms. The van der Waals surface area contributed by atoms with E-state index in [0.29, 0.717) is 6.42 Å². The molecule has 1 aromatic heterocycles. The van der Waals surface area contributed by atoms with Gasteiger partial charge in [0, 0.05) is 28.8 Å². The number of hydrogen-bond acceptors (Lipinski definition) is 2. The molecule has 3 aromatic rings. The van der Waals surface area contributed by atoms with Crippen molar-refractivity contribution in [2.24, 2.45) is 0 Å². The largest absolute Gasteiger partial charge is 0.289 e. The SMILES string of the molecule is Cc1nn(-c2ccc(F)cc2)c(C)c1/C=C1\Cc2ccccc2C1=O. The van der Waals surface area contributed by atoms with Crippen molar-refractivity contribution in [3.05, 3.63) is 88.0 Å². The highest BCUT2D eigenvalue weighted by Gasteiger charge is 2.25. The average molecular weight is 332 g/mol. The molecule has 124 valence electrons. The van der Waals surface area contributed by atoms with Crippen LogP contribution >= 0.6 is 0 Å². The average Bonchev–Trinajstić information content (AvgIpc) is 3.08. The van der Waals surface area contributed by atoms with Gasteiger partial charge in [-0.15, -0.1) is 0 Å². The summed E-state index contributed by atoms with van der Waals surface area (Å²) in [5, 5.41) is 4.56. The predicted molar refractivity (Wildman–Crippen MR) is 95.4 cm³/mol. The van der Waals surface area contributed by atoms with Crippen molar-refractivity contribution in [3.8, 4) is 5.69 Å². The Kier molecular flexibility index (Phi) is 3.61. The second-order valence-electron chi connectivity index (χ2n) is 6.31. The number of nitrogens with zero attached hydrogens (tertiary/aromatic N) is 2. The molecule has 4 rings (SSSR count). The lowest BCUT2D eigenvalue weighted by Gasteiger charge is -2.04. The molecule has 1 heterocycles. The monoisotopic (exact) mass is 332 g/mol. The maximum absolute atomic E-state index is 13.2. The third-order valence-electron chi connectivity index (χ3n) is 4.67. The van der Waals surface area contributed by atoms with E-state index in [1.165, 1.54) is 12.1 Å². The Morgan fingerprint density at radius 1 is 1.08 bits per heavy atom. The lowest BCUT2D eigenvalue weighted by molar-refractivity contribution is 0.104. The number of hydrogen-bond donors (Lipinski definition) is 0. The number of allylic oxidation sites excluding steroid dienone is 1. The lowest BCUT2D eigenvalue weighted by Crippen LogP contribution is -1.99. The molecular weight excluding hydrogens is 315 g/mol. The zero-order valence-electron chi connectivity index (χ0n) is 14.1. The Labute approximate surface area is 145 Å². The third kappa shape index (κ3) is 2.60. The van der Waals surface area contributed by atoms with Gasteiger partial charge in [-0.1, -0.05) is 24.3 Å². The lowest BCUT2D eigenvalue weighted by atomic mass is 10.1. The molecule has 0 spiro atoms. The van der Waals surface area contributed by atoms with Gasteiger partial charge in [-0.3, -0.25) is 4.79 Å². The van der Waals surface area contributed by atoms with Crippen LogP contribution < -0.4 is 0 Å². The molecule has 2 aromatic carbocycles. The quantitative estimate of drug-likeness (QED) is 0.650. The number of rotatable bonds is 2. The molecule has 4 heteroatoms. The smallest absolute Gasteiger partial charge is 0.189 e. The number of fused-ring (bicyclic) bond motifs is 1. The number of aryl methyl sites for hydroxylation is 1. The van der Waals surface area contributed by atoms with Crippen LogP contribution in [0.2, 0.25) is 0 Å². The van der Waals surface area contributed by atoms with Gasteiger partial charge in [-0.2, -0.15) is 5.10 Å². The summed E-state index contributed by atoms with van der Waals surface area (Å²) in [4.78, 5) is 12.6. The summed E-state index contributed by atoms with van der Waals surface area (Å²) in [5.41, 5.74) is 6.16. The van der Waals surface area contributed by atoms with Gasteiger partial charge in [0.05, 0.1) is 11.4 Å². The van der Waals surface area contributed by atoms with Crippen molar-refractivity contribution in [2.75, 3.05) is 0 Å². The fourth-order valence-electron chi connectivity index (χ4n) is 3.34. The summed E-state index contributed by atoms with van der Waals surface area (Å²) in [6.45, 7) is 3.88. The number of benzene rings is 2. The Hall–Kier alpha value is -3.01. The Morgan fingerprint density at radius 2 is 1.80 bits per heavy atom. The topological polar surface area (TPSA) is 34.9 Å². The summed E-state index contributed by atoms with van der Waals surface area (Å²) >= 11 is 0. The molecule has 1 aliphatic carbocycles. The van der Waals surface area contributed by atoms with Crippen molar-refractivity contribution in [2.45, 2.75) is 20.3 Å². The van der Waals surface area contributed by atoms with Gasteiger partial charge >= 0.3 is 0 Å². The van der Waals surface area contributed by atoms with E-state index in [2.05, 4.69) is 5.10 Å². The van der Waals surface area contributed by atoms with Crippen LogP contribution in [0.5, 0.6) is 0 Å². The van der Waals surface area contributed by atoms with Crippen molar-refractivity contribution < 1.29 is 9.18 Å². The van der Waals surface area contributed by atoms with E-state index in [-0.39, 0.29) is 11.6 Å². The summed E-state index contributed by atoms with van der Waals surface area (Å²) in [7, 11) is 0. The van der Waals surface area contributed by atoms with Crippen LogP contribution in [0.15, 0.2) is 54.1 Å². The zero-order chi connectivity index (χ0) is 17.6. The van der Waals surface area contributed by atoms with Crippen LogP contribution in [-0.4, -0.2) is 15.6 Å². The highest BCUT2D eigenvalue weighted by atomic mass is 19.1. The predicted octanol–water partition coefficient (Wildman–Crippen LogP) is 4.45. The zero-order valence-corrected chi connectivity index (χ0v) is 14.1. The van der Waals surface area contributed by atoms with Crippen LogP contribution in [0.4, 0.5) is 4.39 Å². The summed E-state index contributed by atoms with van der Waals surface area (Å²) < 4.78 is 14.9. The highest BCUT2D eigenvalue weighted by molar-refractivity contribution is 6.15. The van der Waals surface area contributed by atoms with Crippen molar-refractivity contribution in [3.63, 3.8) is 0 Å². The fourth-order valence-corrected chi connectivity index (χ4v) is 3.34. The van der Waals surface area contributed by atoms with Gasteiger partial charge < -0.3 is 0 Å². The molecule has 0 N–H and O–H groups in total. The second-order valence-corrected chi connectivity index (χ2v) is 6.31. The van der Waals surface area contributed by atoms with E-state index in [0.717, 1.165) is 39.3 Å². The molecule has 0 amide bonds. The number of halogens is 1. The number of carbonyl (C=O) groups excluding carboxylic acids is 1. The van der Waals surface area contributed by atoms with Crippen molar-refractivity contribution in [1.29, 1.82) is 0 Å². The van der Waals surface area contributed by atoms with E-state index in [1.807, 2.05) is 44.2 Å². The number of ketones is 1. The molecule has 0 radical (unpaired) electrons. The first-order valence-electron chi connectivity index (χ1n) is 8.20. The van der Waals surface area contributed by atoms with E-state index >= 15 is 0 Å². The van der Waals surface area contributed by atoms with E-state index < -0.39 is 0 Å². The van der Waals surface area contributed by atoms with Gasteiger partial charge in [-0.05, 0) is 49.8 Å². The van der Waals surface area contributed by atoms with Crippen molar-refractivity contribution in [1.82, 2.24) is 9.78 Å². The van der Waals surface area contributed by atoms with Crippen LogP contribution in [-0.2, 0) is 6.42 Å². The Balaban J connectivity index is 1.75. The second kappa shape index (κ2) is 5.81. The van der Waals surface area contributed by atoms with Crippen molar-refractivity contribution >= 4 is 11.9 Å². The molecule has 0 saturated heterocycles. The summed E-state index contributed by atoms with van der Waals surface area (Å²) in [6, 6.07) is 13.9. The molecule has 3 nitrogen and oxygen atoms in total. The minimum atomic E-state index is -0.276. The van der Waals surface area contributed by atoms with Crippen LogP contribution in [0.1, 0.15) is 32.9 Å². The van der Waals surface area contributed by atoms with Gasteiger partial charge in [0.15, 0.2) is 5.78 Å². The van der Waals surface area contributed by atoms with Gasteiger partial charge in [0.25, 0.3) is 0 Å². The minimum Gasteiger partial charge on any atom is -0.289 e. The summed E-state index contributed by atoms with van der Waals surface area (Å²) in [6.07, 6.45) is 2.59. The Morgan fingerprint density at radius 3 is 2.52 bits per heavy atom. The van der Waals surface area contributed by atoms with E-state index in [9.17, 15) is 9.18 Å². The van der Waals surface area contributed by atoms with Crippen LogP contribution in [0.3, 0.4) is 0 Å². The summed E-state index contributed by atoms with van der Waals surface area (Å²) in [5.74, 6) is -0.189. The first-order chi connectivity index (χ1) is 12.0. The first-order valence-corrected chi connectivity index (χ1v) is 8.20. The number of carbonyl (C=O) groups is 1. The van der Waals surface area contributed by atoms with Crippen LogP contribution in [0, 0.1) is 19.7 Å². The third-order valence-corrected chi connectivity index (χ3v) is 4.67. The molecule has 0 bridgehead atoms. The molecule has 0 saturated carbocycles. The molecule has 0 unspecified atom stereocenters. The van der Waals surface area contributed by atoms with Gasteiger partial charge in [0.2, 0.25) is 0 Å². The van der Waals surface area contributed by atoms with Gasteiger partial charge in [0.1, 0.15) is 5.82 Å². The normalized spacial score (nSPS) is 15.0. The molecule has 1 aliphatic rings. The maximum atomic E-state index is 13.2. The van der Waals surface area contributed by atoms with Crippen LogP contribution in [0.25, 0.3) is 11.8 Å². The number of Topliss-reactive ketones (excluding diaryl/α,β-unsaturated/α-hetero) is 1. The van der Waals surface area contributed by atoms with E-state index in [4.69, 9.17) is 0 Å².